The fourth-order valence-corrected chi connectivity index (χ4v) is 3.93. The molecule has 1 amide bonds. The van der Waals surface area contributed by atoms with E-state index in [0.29, 0.717) is 15.9 Å². The van der Waals surface area contributed by atoms with Gasteiger partial charge in [-0.25, -0.2) is 9.67 Å². The highest BCUT2D eigenvalue weighted by atomic mass is 32.1. The van der Waals surface area contributed by atoms with Crippen LogP contribution in [-0.4, -0.2) is 38.7 Å². The summed E-state index contributed by atoms with van der Waals surface area (Å²) < 4.78 is 1.19. The van der Waals surface area contributed by atoms with Crippen LogP contribution in [0.2, 0.25) is 0 Å². The average molecular weight is 369 g/mol. The molecule has 0 radical (unpaired) electrons. The maximum atomic E-state index is 12.7. The number of aromatic nitrogens is 3. The molecule has 1 N–H and O–H groups in total. The van der Waals surface area contributed by atoms with Crippen molar-refractivity contribution in [3.63, 3.8) is 0 Å². The minimum Gasteiger partial charge on any atom is -0.297 e. The summed E-state index contributed by atoms with van der Waals surface area (Å²) in [4.78, 5) is 31.8. The van der Waals surface area contributed by atoms with E-state index in [1.165, 1.54) is 28.9 Å². The Labute approximate surface area is 154 Å². The first kappa shape index (κ1) is 16.9. The Balaban J connectivity index is 1.57. The van der Waals surface area contributed by atoms with Crippen LogP contribution in [-0.2, 0) is 13.6 Å². The van der Waals surface area contributed by atoms with Gasteiger partial charge in [0.15, 0.2) is 10.8 Å². The molecule has 3 heterocycles. The largest absolute Gasteiger partial charge is 0.297 e. The molecule has 1 aromatic carbocycles. The van der Waals surface area contributed by atoms with Gasteiger partial charge < -0.3 is 0 Å². The number of nitrogens with zero attached hydrogens (tertiary/aromatic N) is 4. The monoisotopic (exact) mass is 369 g/mol. The number of rotatable bonds is 4. The normalized spacial score (nSPS) is 14.8. The average Bonchev–Trinajstić information content (AvgIpc) is 3.30. The molecule has 1 saturated heterocycles. The number of anilines is 1. The van der Waals surface area contributed by atoms with Gasteiger partial charge >= 0.3 is 0 Å². The van der Waals surface area contributed by atoms with E-state index in [1.54, 1.807) is 31.3 Å². The zero-order valence-electron chi connectivity index (χ0n) is 14.4. The Morgan fingerprint density at radius 2 is 1.96 bits per heavy atom. The number of thiazole rings is 1. The second kappa shape index (κ2) is 6.97. The molecule has 1 aliphatic heterocycles. The van der Waals surface area contributed by atoms with E-state index in [2.05, 4.69) is 20.3 Å². The number of hydrogen-bond acceptors (Lipinski definition) is 6. The van der Waals surface area contributed by atoms with Gasteiger partial charge in [0.2, 0.25) is 0 Å². The lowest BCUT2D eigenvalue weighted by atomic mass is 10.1. The quantitative estimate of drug-likeness (QED) is 0.763. The first-order chi connectivity index (χ1) is 12.6. The van der Waals surface area contributed by atoms with Gasteiger partial charge in [-0.15, -0.1) is 11.3 Å². The fourth-order valence-electron chi connectivity index (χ4n) is 3.23. The van der Waals surface area contributed by atoms with Crippen LogP contribution in [0.15, 0.2) is 34.4 Å². The summed E-state index contributed by atoms with van der Waals surface area (Å²) in [5, 5.41) is 10.5. The first-order valence-corrected chi connectivity index (χ1v) is 9.44. The standard InChI is InChI=1S/C18H19N5O2S/c1-22-17(25)14-7-3-2-6-13(14)15(21-22)16(24)20-18-19-12(11-26-18)10-23-8-4-5-9-23/h2-3,6-7,11H,4-5,8-10H2,1H3,(H,19,20,24). The SMILES string of the molecule is Cn1nc(C(=O)Nc2nc(CN3CCCC3)cs2)c2ccccc2c1=O. The highest BCUT2D eigenvalue weighted by Crippen LogP contribution is 2.20. The molecule has 3 aromatic rings. The molecule has 0 aliphatic carbocycles. The second-order valence-corrected chi connectivity index (χ2v) is 7.26. The lowest BCUT2D eigenvalue weighted by Crippen LogP contribution is -2.25. The molecule has 0 spiro atoms. The molecule has 2 aromatic heterocycles. The van der Waals surface area contributed by atoms with Crippen LogP contribution in [0.5, 0.6) is 0 Å². The molecule has 134 valence electrons. The number of benzene rings is 1. The molecule has 0 atom stereocenters. The van der Waals surface area contributed by atoms with Crippen molar-refractivity contribution in [1.82, 2.24) is 19.7 Å². The van der Waals surface area contributed by atoms with E-state index in [-0.39, 0.29) is 17.2 Å². The van der Waals surface area contributed by atoms with Gasteiger partial charge in [-0.3, -0.25) is 19.8 Å². The van der Waals surface area contributed by atoms with Gasteiger partial charge in [0, 0.05) is 24.4 Å². The molecule has 0 unspecified atom stereocenters. The van der Waals surface area contributed by atoms with E-state index in [0.717, 1.165) is 25.3 Å². The third-order valence-electron chi connectivity index (χ3n) is 4.53. The van der Waals surface area contributed by atoms with Gasteiger partial charge in [-0.1, -0.05) is 18.2 Å². The number of carbonyl (C=O) groups excluding carboxylic acids is 1. The molecule has 0 bridgehead atoms. The van der Waals surface area contributed by atoms with Crippen molar-refractivity contribution in [3.05, 3.63) is 51.4 Å². The summed E-state index contributed by atoms with van der Waals surface area (Å²) >= 11 is 1.40. The number of likely N-dealkylation sites (tertiary alicyclic amines) is 1. The number of carbonyl (C=O) groups is 1. The van der Waals surface area contributed by atoms with Crippen LogP contribution in [0.4, 0.5) is 5.13 Å². The summed E-state index contributed by atoms with van der Waals surface area (Å²) in [7, 11) is 1.54. The van der Waals surface area contributed by atoms with Crippen LogP contribution in [0.1, 0.15) is 29.0 Å². The van der Waals surface area contributed by atoms with Gasteiger partial charge in [0.1, 0.15) is 0 Å². The smallest absolute Gasteiger partial charge is 0.278 e. The van der Waals surface area contributed by atoms with Crippen molar-refractivity contribution in [2.45, 2.75) is 19.4 Å². The summed E-state index contributed by atoms with van der Waals surface area (Å²) in [6.45, 7) is 3.02. The Hall–Kier alpha value is -2.58. The molecular weight excluding hydrogens is 350 g/mol. The Morgan fingerprint density at radius 3 is 2.73 bits per heavy atom. The predicted molar refractivity (Wildman–Crippen MR) is 102 cm³/mol. The maximum absolute atomic E-state index is 12.7. The second-order valence-electron chi connectivity index (χ2n) is 6.40. The maximum Gasteiger partial charge on any atom is 0.278 e. The van der Waals surface area contributed by atoms with Gasteiger partial charge in [0.05, 0.1) is 11.1 Å². The molecule has 8 heteroatoms. The van der Waals surface area contributed by atoms with E-state index in [1.807, 2.05) is 5.38 Å². The molecule has 7 nitrogen and oxygen atoms in total. The predicted octanol–water partition coefficient (Wildman–Crippen LogP) is 2.24. The number of nitrogens with one attached hydrogen (secondary N) is 1. The third kappa shape index (κ3) is 3.25. The van der Waals surface area contributed by atoms with Crippen molar-refractivity contribution in [1.29, 1.82) is 0 Å². The fraction of sp³-hybridized carbons (Fsp3) is 0.333. The van der Waals surface area contributed by atoms with E-state index < -0.39 is 0 Å². The third-order valence-corrected chi connectivity index (χ3v) is 5.33. The Bertz CT molecular complexity index is 1020. The molecule has 1 fully saturated rings. The van der Waals surface area contributed by atoms with E-state index in [9.17, 15) is 9.59 Å². The Kier molecular flexibility index (Phi) is 4.52. The van der Waals surface area contributed by atoms with Crippen LogP contribution in [0, 0.1) is 0 Å². The van der Waals surface area contributed by atoms with Crippen molar-refractivity contribution < 1.29 is 4.79 Å². The number of hydrogen-bond donors (Lipinski definition) is 1. The minimum absolute atomic E-state index is 0.221. The van der Waals surface area contributed by atoms with Crippen molar-refractivity contribution in [2.24, 2.45) is 7.05 Å². The Morgan fingerprint density at radius 1 is 1.23 bits per heavy atom. The zero-order chi connectivity index (χ0) is 18.1. The summed E-state index contributed by atoms with van der Waals surface area (Å²) in [6, 6.07) is 7.00. The van der Waals surface area contributed by atoms with Crippen LogP contribution in [0.25, 0.3) is 10.8 Å². The molecule has 26 heavy (non-hydrogen) atoms. The molecule has 4 rings (SSSR count). The van der Waals surface area contributed by atoms with Crippen molar-refractivity contribution in [3.8, 4) is 0 Å². The summed E-state index contributed by atoms with van der Waals surface area (Å²) in [5.41, 5.74) is 0.962. The van der Waals surface area contributed by atoms with Crippen LogP contribution in [0.3, 0.4) is 0 Å². The summed E-state index contributed by atoms with van der Waals surface area (Å²) in [6.07, 6.45) is 2.47. The number of fused-ring (bicyclic) bond motifs is 1. The van der Waals surface area contributed by atoms with E-state index in [4.69, 9.17) is 0 Å². The van der Waals surface area contributed by atoms with Crippen molar-refractivity contribution >= 4 is 33.1 Å². The van der Waals surface area contributed by atoms with E-state index >= 15 is 0 Å². The number of amides is 1. The lowest BCUT2D eigenvalue weighted by molar-refractivity contribution is 0.102. The van der Waals surface area contributed by atoms with Gasteiger partial charge in [-0.2, -0.15) is 5.10 Å². The highest BCUT2D eigenvalue weighted by molar-refractivity contribution is 7.14. The topological polar surface area (TPSA) is 80.1 Å². The molecule has 1 aliphatic rings. The number of aryl methyl sites for hydroxylation is 1. The summed E-state index contributed by atoms with van der Waals surface area (Å²) in [5.74, 6) is -0.362. The van der Waals surface area contributed by atoms with Crippen molar-refractivity contribution in [2.75, 3.05) is 18.4 Å². The highest BCUT2D eigenvalue weighted by Gasteiger charge is 2.18. The minimum atomic E-state index is -0.362. The first-order valence-electron chi connectivity index (χ1n) is 8.56. The van der Waals surface area contributed by atoms with Gasteiger partial charge in [0.25, 0.3) is 11.5 Å². The molecule has 0 saturated carbocycles. The van der Waals surface area contributed by atoms with Crippen LogP contribution >= 0.6 is 11.3 Å². The lowest BCUT2D eigenvalue weighted by Gasteiger charge is -2.11. The van der Waals surface area contributed by atoms with Crippen LogP contribution < -0.4 is 10.9 Å². The van der Waals surface area contributed by atoms with Gasteiger partial charge in [-0.05, 0) is 32.0 Å². The zero-order valence-corrected chi connectivity index (χ0v) is 15.3. The molecular formula is C18H19N5O2S.